The van der Waals surface area contributed by atoms with Gasteiger partial charge >= 0.3 is 0 Å². The number of ether oxygens (including phenoxy) is 1. The van der Waals surface area contributed by atoms with E-state index >= 15 is 0 Å². The molecule has 0 radical (unpaired) electrons. The summed E-state index contributed by atoms with van der Waals surface area (Å²) in [6.07, 6.45) is 3.02. The summed E-state index contributed by atoms with van der Waals surface area (Å²) >= 11 is 1.79. The maximum Gasteiger partial charge on any atom is 0.191 e. The van der Waals surface area contributed by atoms with Crippen LogP contribution in [0.1, 0.15) is 28.1 Å². The number of benzene rings is 1. The third-order valence-corrected chi connectivity index (χ3v) is 5.41. The number of fused-ring (bicyclic) bond motifs is 1. The second-order valence-corrected chi connectivity index (χ2v) is 7.43. The Balaban J connectivity index is 0.00000243. The first kappa shape index (κ1) is 21.0. The number of thiazole rings is 1. The average Bonchev–Trinajstić information content (AvgIpc) is 3.20. The molecule has 2 aromatic rings. The molecule has 5 nitrogen and oxygen atoms in total. The highest BCUT2D eigenvalue weighted by molar-refractivity contribution is 14.0. The number of halogens is 1. The van der Waals surface area contributed by atoms with Crippen molar-refractivity contribution < 1.29 is 4.74 Å². The molecule has 0 bridgehead atoms. The number of aromatic nitrogens is 1. The molecule has 0 aliphatic carbocycles. The van der Waals surface area contributed by atoms with Gasteiger partial charge in [0.1, 0.15) is 11.9 Å². The highest BCUT2D eigenvalue weighted by Gasteiger charge is 2.22. The Morgan fingerprint density at radius 2 is 2.15 bits per heavy atom. The highest BCUT2D eigenvalue weighted by Crippen LogP contribution is 2.27. The minimum absolute atomic E-state index is 0. The zero-order valence-corrected chi connectivity index (χ0v) is 18.7. The molecule has 26 heavy (non-hydrogen) atoms. The van der Waals surface area contributed by atoms with Crippen LogP contribution in [0.4, 0.5) is 0 Å². The lowest BCUT2D eigenvalue weighted by Gasteiger charge is -2.15. The SMILES string of the molecule is CCc1nc(CCNC(=NC)NCC2Cc3ccccc3O2)sc1C.I. The zero-order chi connectivity index (χ0) is 17.6. The molecule has 7 heteroatoms. The Kier molecular flexibility index (Phi) is 8.15. The van der Waals surface area contributed by atoms with Crippen molar-refractivity contribution in [2.75, 3.05) is 20.1 Å². The van der Waals surface area contributed by atoms with Gasteiger partial charge in [-0.05, 0) is 25.0 Å². The van der Waals surface area contributed by atoms with Crippen LogP contribution < -0.4 is 15.4 Å². The molecule has 1 aromatic heterocycles. The average molecular weight is 486 g/mol. The number of rotatable bonds is 6. The van der Waals surface area contributed by atoms with Crippen LogP contribution in [0.2, 0.25) is 0 Å². The van der Waals surface area contributed by atoms with Crippen molar-refractivity contribution in [2.45, 2.75) is 39.2 Å². The fraction of sp³-hybridized carbons (Fsp3) is 0.474. The predicted octanol–water partition coefficient (Wildman–Crippen LogP) is 3.34. The number of nitrogens with one attached hydrogen (secondary N) is 2. The summed E-state index contributed by atoms with van der Waals surface area (Å²) in [7, 11) is 1.79. The fourth-order valence-electron chi connectivity index (χ4n) is 3.01. The van der Waals surface area contributed by atoms with Crippen LogP contribution in [0, 0.1) is 6.92 Å². The topological polar surface area (TPSA) is 58.5 Å². The van der Waals surface area contributed by atoms with Crippen molar-refractivity contribution in [1.29, 1.82) is 0 Å². The first-order valence-electron chi connectivity index (χ1n) is 8.83. The van der Waals surface area contributed by atoms with E-state index in [0.29, 0.717) is 0 Å². The van der Waals surface area contributed by atoms with Gasteiger partial charge < -0.3 is 15.4 Å². The van der Waals surface area contributed by atoms with Gasteiger partial charge in [0.2, 0.25) is 0 Å². The second-order valence-electron chi connectivity index (χ2n) is 6.15. The van der Waals surface area contributed by atoms with Gasteiger partial charge in [-0.2, -0.15) is 0 Å². The fourth-order valence-corrected chi connectivity index (χ4v) is 4.03. The van der Waals surface area contributed by atoms with Crippen molar-refractivity contribution in [3.63, 3.8) is 0 Å². The minimum atomic E-state index is 0. The molecule has 0 spiro atoms. The number of hydrogen-bond acceptors (Lipinski definition) is 4. The van der Waals surface area contributed by atoms with Gasteiger partial charge in [0.25, 0.3) is 0 Å². The van der Waals surface area contributed by atoms with Crippen molar-refractivity contribution >= 4 is 41.3 Å². The molecule has 1 aliphatic rings. The van der Waals surface area contributed by atoms with Gasteiger partial charge in [-0.3, -0.25) is 4.99 Å². The van der Waals surface area contributed by atoms with Crippen molar-refractivity contribution in [3.8, 4) is 5.75 Å². The van der Waals surface area contributed by atoms with Crippen molar-refractivity contribution in [3.05, 3.63) is 45.4 Å². The van der Waals surface area contributed by atoms with Gasteiger partial charge in [0, 0.05) is 31.3 Å². The predicted molar refractivity (Wildman–Crippen MR) is 119 cm³/mol. The number of aryl methyl sites for hydroxylation is 2. The highest BCUT2D eigenvalue weighted by atomic mass is 127. The van der Waals surface area contributed by atoms with E-state index in [1.165, 1.54) is 21.1 Å². The molecule has 1 atom stereocenters. The maximum absolute atomic E-state index is 5.95. The normalized spacial score (nSPS) is 15.8. The minimum Gasteiger partial charge on any atom is -0.488 e. The summed E-state index contributed by atoms with van der Waals surface area (Å²) in [6.45, 7) is 5.86. The van der Waals surface area contributed by atoms with E-state index in [2.05, 4.69) is 46.6 Å². The van der Waals surface area contributed by atoms with Crippen molar-refractivity contribution in [1.82, 2.24) is 15.6 Å². The molecule has 3 rings (SSSR count). The Hall–Kier alpha value is -1.35. The lowest BCUT2D eigenvalue weighted by molar-refractivity contribution is 0.235. The number of aliphatic imine (C=N–C) groups is 1. The van der Waals surface area contributed by atoms with Gasteiger partial charge in [-0.15, -0.1) is 35.3 Å². The number of hydrogen-bond donors (Lipinski definition) is 2. The lowest BCUT2D eigenvalue weighted by Crippen LogP contribution is -2.42. The van der Waals surface area contributed by atoms with E-state index < -0.39 is 0 Å². The van der Waals surface area contributed by atoms with E-state index in [1.54, 1.807) is 18.4 Å². The molecule has 1 aliphatic heterocycles. The second kappa shape index (κ2) is 10.1. The Morgan fingerprint density at radius 1 is 1.35 bits per heavy atom. The Labute approximate surface area is 176 Å². The Morgan fingerprint density at radius 3 is 2.85 bits per heavy atom. The third kappa shape index (κ3) is 5.33. The summed E-state index contributed by atoms with van der Waals surface area (Å²) in [4.78, 5) is 10.3. The first-order valence-corrected chi connectivity index (χ1v) is 9.65. The molecule has 1 unspecified atom stereocenters. The van der Waals surface area contributed by atoms with E-state index in [9.17, 15) is 0 Å². The summed E-state index contributed by atoms with van der Waals surface area (Å²) in [5, 5.41) is 7.90. The molecular weight excluding hydrogens is 459 g/mol. The standard InChI is InChI=1S/C19H26N4OS.HI/c1-4-16-13(2)25-18(23-16)9-10-21-19(20-3)22-12-15-11-14-7-5-6-8-17(14)24-15;/h5-8,15H,4,9-12H2,1-3H3,(H2,20,21,22);1H. The largest absolute Gasteiger partial charge is 0.488 e. The van der Waals surface area contributed by atoms with E-state index in [1.807, 2.05) is 12.1 Å². The zero-order valence-electron chi connectivity index (χ0n) is 15.5. The Bertz CT molecular complexity index is 722. The third-order valence-electron chi connectivity index (χ3n) is 4.34. The number of para-hydroxylation sites is 1. The quantitative estimate of drug-likeness (QED) is 0.374. The van der Waals surface area contributed by atoms with Crippen LogP contribution >= 0.6 is 35.3 Å². The number of guanidine groups is 1. The summed E-state index contributed by atoms with van der Waals surface area (Å²) < 4.78 is 5.95. The van der Waals surface area contributed by atoms with Crippen LogP contribution in [0.15, 0.2) is 29.3 Å². The van der Waals surface area contributed by atoms with Gasteiger partial charge in [-0.1, -0.05) is 25.1 Å². The van der Waals surface area contributed by atoms with E-state index in [-0.39, 0.29) is 30.1 Å². The molecule has 2 heterocycles. The van der Waals surface area contributed by atoms with Crippen molar-refractivity contribution in [2.24, 2.45) is 4.99 Å². The molecule has 2 N–H and O–H groups in total. The van der Waals surface area contributed by atoms with Crippen LogP contribution in [-0.4, -0.2) is 37.2 Å². The smallest absolute Gasteiger partial charge is 0.191 e. The monoisotopic (exact) mass is 486 g/mol. The summed E-state index contributed by atoms with van der Waals surface area (Å²) in [5.41, 5.74) is 2.50. The molecule has 0 saturated heterocycles. The molecule has 0 saturated carbocycles. The van der Waals surface area contributed by atoms with Crippen LogP contribution in [0.25, 0.3) is 0 Å². The van der Waals surface area contributed by atoms with Gasteiger partial charge in [-0.25, -0.2) is 4.98 Å². The summed E-state index contributed by atoms with van der Waals surface area (Å²) in [5.74, 6) is 1.81. The van der Waals surface area contributed by atoms with E-state index in [4.69, 9.17) is 4.74 Å². The molecule has 142 valence electrons. The van der Waals surface area contributed by atoms with Gasteiger partial charge in [0.05, 0.1) is 17.2 Å². The summed E-state index contributed by atoms with van der Waals surface area (Å²) in [6, 6.07) is 8.23. The van der Waals surface area contributed by atoms with Crippen LogP contribution in [0.5, 0.6) is 5.75 Å². The molecular formula is C19H27IN4OS. The maximum atomic E-state index is 5.95. The number of nitrogens with zero attached hydrogens (tertiary/aromatic N) is 2. The lowest BCUT2D eigenvalue weighted by atomic mass is 10.1. The molecule has 1 aromatic carbocycles. The van der Waals surface area contributed by atoms with Crippen LogP contribution in [-0.2, 0) is 19.3 Å². The van der Waals surface area contributed by atoms with Gasteiger partial charge in [0.15, 0.2) is 5.96 Å². The molecule has 0 amide bonds. The molecule has 0 fully saturated rings. The first-order chi connectivity index (χ1) is 12.2. The van der Waals surface area contributed by atoms with Crippen LogP contribution in [0.3, 0.4) is 0 Å². The van der Waals surface area contributed by atoms with E-state index in [0.717, 1.165) is 44.1 Å².